The summed E-state index contributed by atoms with van der Waals surface area (Å²) in [5.74, 6) is -0.312. The van der Waals surface area contributed by atoms with Crippen LogP contribution in [0.3, 0.4) is 0 Å². The third-order valence-electron chi connectivity index (χ3n) is 3.46. The molecule has 0 saturated carbocycles. The summed E-state index contributed by atoms with van der Waals surface area (Å²) < 4.78 is 31.5. The minimum Gasteiger partial charge on any atom is -0.385 e. The summed E-state index contributed by atoms with van der Waals surface area (Å²) in [7, 11) is 0.924. The molecule has 140 valence electrons. The molecule has 2 heterocycles. The number of nitrogens with zero attached hydrogens (tertiary/aromatic N) is 2. The standard InChI is InChI=1S/C14H21N3O5S3/c1-16(2)25(20,21)13-7-10-14(24-13)23-9-12(19)17(10)8-11(18)15-5-4-6-22-3/h7H,4-6,8-9H2,1-3H3,(H,15,18). The Kier molecular flexibility index (Phi) is 6.86. The summed E-state index contributed by atoms with van der Waals surface area (Å²) >= 11 is 2.42. The molecule has 0 aliphatic carbocycles. The summed E-state index contributed by atoms with van der Waals surface area (Å²) in [5, 5.41) is 2.73. The van der Waals surface area contributed by atoms with Gasteiger partial charge in [0.25, 0.3) is 10.0 Å². The number of rotatable bonds is 8. The first-order valence-corrected chi connectivity index (χ1v) is 10.8. The van der Waals surface area contributed by atoms with E-state index in [-0.39, 0.29) is 28.3 Å². The van der Waals surface area contributed by atoms with Crippen LogP contribution in [-0.4, -0.2) is 71.2 Å². The van der Waals surface area contributed by atoms with Crippen LogP contribution in [-0.2, 0) is 24.3 Å². The average molecular weight is 408 g/mol. The van der Waals surface area contributed by atoms with E-state index in [1.165, 1.54) is 36.8 Å². The van der Waals surface area contributed by atoms with E-state index in [9.17, 15) is 18.0 Å². The van der Waals surface area contributed by atoms with Crippen LogP contribution in [0.1, 0.15) is 6.42 Å². The van der Waals surface area contributed by atoms with Gasteiger partial charge < -0.3 is 15.0 Å². The molecule has 0 aromatic carbocycles. The summed E-state index contributed by atoms with van der Waals surface area (Å²) in [6.45, 7) is 0.873. The quantitative estimate of drug-likeness (QED) is 0.634. The van der Waals surface area contributed by atoms with Gasteiger partial charge in [0, 0.05) is 34.4 Å². The highest BCUT2D eigenvalue weighted by atomic mass is 32.3. The zero-order valence-corrected chi connectivity index (χ0v) is 16.7. The van der Waals surface area contributed by atoms with Crippen molar-refractivity contribution in [3.05, 3.63) is 6.07 Å². The first-order valence-electron chi connectivity index (χ1n) is 7.52. The summed E-state index contributed by atoms with van der Waals surface area (Å²) in [5.41, 5.74) is 0.485. The van der Waals surface area contributed by atoms with Crippen molar-refractivity contribution in [3.8, 4) is 0 Å². The minimum absolute atomic E-state index is 0.127. The second-order valence-corrected chi connectivity index (χ2v) is 10.2. The van der Waals surface area contributed by atoms with Crippen LogP contribution in [0, 0.1) is 0 Å². The lowest BCUT2D eigenvalue weighted by Gasteiger charge is -2.25. The normalized spacial score (nSPS) is 14.7. The number of amides is 2. The Labute approximate surface area is 155 Å². The molecule has 1 aliphatic heterocycles. The molecule has 1 aliphatic rings. The summed E-state index contributed by atoms with van der Waals surface area (Å²) in [6, 6.07) is 1.47. The van der Waals surface area contributed by atoms with Crippen molar-refractivity contribution in [1.29, 1.82) is 0 Å². The van der Waals surface area contributed by atoms with Crippen molar-refractivity contribution >= 4 is 50.6 Å². The predicted molar refractivity (Wildman–Crippen MR) is 97.8 cm³/mol. The van der Waals surface area contributed by atoms with Crippen LogP contribution >= 0.6 is 23.1 Å². The molecule has 2 amide bonds. The van der Waals surface area contributed by atoms with Gasteiger partial charge in [0.05, 0.1) is 15.6 Å². The number of ether oxygens (including phenoxy) is 1. The topological polar surface area (TPSA) is 96.0 Å². The molecule has 0 spiro atoms. The Morgan fingerprint density at radius 2 is 2.16 bits per heavy atom. The van der Waals surface area contributed by atoms with Crippen LogP contribution in [0.2, 0.25) is 0 Å². The van der Waals surface area contributed by atoms with Crippen LogP contribution in [0.5, 0.6) is 0 Å². The van der Waals surface area contributed by atoms with Crippen molar-refractivity contribution in [2.45, 2.75) is 14.8 Å². The average Bonchev–Trinajstić information content (AvgIpc) is 2.99. The second-order valence-electron chi connectivity index (χ2n) is 5.49. The molecule has 1 aromatic rings. The predicted octanol–water partition coefficient (Wildman–Crippen LogP) is 0.590. The molecular weight excluding hydrogens is 386 g/mol. The smallest absolute Gasteiger partial charge is 0.252 e. The molecule has 0 unspecified atom stereocenters. The fourth-order valence-electron chi connectivity index (χ4n) is 2.10. The van der Waals surface area contributed by atoms with Gasteiger partial charge in [-0.3, -0.25) is 9.59 Å². The molecule has 0 fully saturated rings. The second kappa shape index (κ2) is 8.49. The van der Waals surface area contributed by atoms with Crippen molar-refractivity contribution in [2.75, 3.05) is 51.6 Å². The maximum Gasteiger partial charge on any atom is 0.252 e. The number of hydrogen-bond acceptors (Lipinski definition) is 7. The van der Waals surface area contributed by atoms with E-state index in [0.717, 1.165) is 19.9 Å². The van der Waals surface area contributed by atoms with Gasteiger partial charge in [-0.2, -0.15) is 0 Å². The Morgan fingerprint density at radius 1 is 1.44 bits per heavy atom. The molecule has 0 bridgehead atoms. The number of nitrogens with one attached hydrogen (secondary N) is 1. The van der Waals surface area contributed by atoms with E-state index >= 15 is 0 Å². The lowest BCUT2D eigenvalue weighted by Crippen LogP contribution is -2.43. The number of anilines is 1. The van der Waals surface area contributed by atoms with Crippen molar-refractivity contribution in [1.82, 2.24) is 9.62 Å². The number of hydrogen-bond donors (Lipinski definition) is 1. The van der Waals surface area contributed by atoms with Gasteiger partial charge in [-0.05, 0) is 12.5 Å². The Hall–Kier alpha value is -1.14. The maximum absolute atomic E-state index is 12.3. The van der Waals surface area contributed by atoms with Crippen LogP contribution in [0.25, 0.3) is 0 Å². The SMILES string of the molecule is COCCCNC(=O)CN1C(=O)CSc2sc(S(=O)(=O)N(C)C)cc21. The van der Waals surface area contributed by atoms with Crippen LogP contribution < -0.4 is 10.2 Å². The Morgan fingerprint density at radius 3 is 2.80 bits per heavy atom. The van der Waals surface area contributed by atoms with Crippen molar-refractivity contribution in [2.24, 2.45) is 0 Å². The van der Waals surface area contributed by atoms with E-state index in [2.05, 4.69) is 5.32 Å². The molecular formula is C14H21N3O5S3. The van der Waals surface area contributed by atoms with E-state index in [1.54, 1.807) is 7.11 Å². The fraction of sp³-hybridized carbons (Fsp3) is 0.571. The third-order valence-corrected chi connectivity index (χ3v) is 8.11. The number of carbonyl (C=O) groups is 2. The first-order chi connectivity index (χ1) is 11.8. The van der Waals surface area contributed by atoms with E-state index in [4.69, 9.17) is 4.74 Å². The molecule has 0 atom stereocenters. The number of methoxy groups -OCH3 is 1. The lowest BCUT2D eigenvalue weighted by atomic mass is 10.3. The molecule has 1 N–H and O–H groups in total. The minimum atomic E-state index is -3.57. The van der Waals surface area contributed by atoms with Gasteiger partial charge in [-0.25, -0.2) is 12.7 Å². The molecule has 1 aromatic heterocycles. The number of fused-ring (bicyclic) bond motifs is 1. The summed E-state index contributed by atoms with van der Waals surface area (Å²) in [6.07, 6.45) is 0.682. The zero-order chi connectivity index (χ0) is 18.6. The molecule has 8 nitrogen and oxygen atoms in total. The largest absolute Gasteiger partial charge is 0.385 e. The van der Waals surface area contributed by atoms with Crippen molar-refractivity contribution in [3.63, 3.8) is 0 Å². The highest BCUT2D eigenvalue weighted by Crippen LogP contribution is 2.43. The van der Waals surface area contributed by atoms with Gasteiger partial charge in [0.2, 0.25) is 11.8 Å². The number of sulfonamides is 1. The highest BCUT2D eigenvalue weighted by Gasteiger charge is 2.32. The molecule has 25 heavy (non-hydrogen) atoms. The number of thiophene rings is 1. The van der Waals surface area contributed by atoms with Gasteiger partial charge in [-0.15, -0.1) is 23.1 Å². The summed E-state index contributed by atoms with van der Waals surface area (Å²) in [4.78, 5) is 25.6. The molecule has 0 saturated heterocycles. The van der Waals surface area contributed by atoms with Crippen LogP contribution in [0.4, 0.5) is 5.69 Å². The Bertz CT molecular complexity index is 745. The monoisotopic (exact) mass is 407 g/mol. The lowest BCUT2D eigenvalue weighted by molar-refractivity contribution is -0.123. The van der Waals surface area contributed by atoms with Gasteiger partial charge in [0.1, 0.15) is 10.8 Å². The highest BCUT2D eigenvalue weighted by molar-refractivity contribution is 8.02. The van der Waals surface area contributed by atoms with Crippen molar-refractivity contribution < 1.29 is 22.7 Å². The van der Waals surface area contributed by atoms with Gasteiger partial charge in [-0.1, -0.05) is 0 Å². The Balaban J connectivity index is 2.15. The third kappa shape index (κ3) is 4.73. The first kappa shape index (κ1) is 20.2. The maximum atomic E-state index is 12.3. The molecule has 0 radical (unpaired) electrons. The molecule has 11 heteroatoms. The van der Waals surface area contributed by atoms with E-state index in [1.807, 2.05) is 0 Å². The molecule has 2 rings (SSSR count). The zero-order valence-electron chi connectivity index (χ0n) is 14.3. The number of carbonyl (C=O) groups excluding carboxylic acids is 2. The number of thioether (sulfide) groups is 1. The van der Waals surface area contributed by atoms with Crippen LogP contribution in [0.15, 0.2) is 14.5 Å². The van der Waals surface area contributed by atoms with Gasteiger partial charge in [0.15, 0.2) is 0 Å². The van der Waals surface area contributed by atoms with Gasteiger partial charge >= 0.3 is 0 Å². The fourth-order valence-corrected chi connectivity index (χ4v) is 6.03. The van der Waals surface area contributed by atoms with E-state index in [0.29, 0.717) is 25.3 Å². The van der Waals surface area contributed by atoms with E-state index < -0.39 is 10.0 Å².